The van der Waals surface area contributed by atoms with Crippen LogP contribution in [0.3, 0.4) is 0 Å². The van der Waals surface area contributed by atoms with Crippen molar-refractivity contribution in [1.82, 2.24) is 10.2 Å². The average molecular weight is 560 g/mol. The van der Waals surface area contributed by atoms with E-state index in [1.54, 1.807) is 31.7 Å². The molecule has 3 amide bonds. The van der Waals surface area contributed by atoms with Crippen LogP contribution in [0.5, 0.6) is 0 Å². The number of nitrogens with zero attached hydrogens (tertiary/aromatic N) is 1. The Balaban J connectivity index is 2.04. The quantitative estimate of drug-likeness (QED) is 0.339. The highest BCUT2D eigenvalue weighted by molar-refractivity contribution is 7.80. The first-order chi connectivity index (χ1) is 17.8. The van der Waals surface area contributed by atoms with Crippen LogP contribution in [0.4, 0.5) is 10.5 Å². The molecule has 0 aromatic heterocycles. The topological polar surface area (TPSA) is 87.7 Å². The number of halogens is 1. The van der Waals surface area contributed by atoms with Crippen LogP contribution >= 0.6 is 24.2 Å². The van der Waals surface area contributed by atoms with Crippen LogP contribution in [0.25, 0.3) is 0 Å². The van der Waals surface area contributed by atoms with E-state index in [-0.39, 0.29) is 23.6 Å². The zero-order chi connectivity index (χ0) is 28.2. The van der Waals surface area contributed by atoms with E-state index >= 15 is 0 Å². The highest BCUT2D eigenvalue weighted by Gasteiger charge is 2.42. The van der Waals surface area contributed by atoms with Crippen LogP contribution < -0.4 is 10.6 Å². The lowest BCUT2D eigenvalue weighted by Crippen LogP contribution is -2.57. The Morgan fingerprint density at radius 3 is 2.29 bits per heavy atom. The lowest BCUT2D eigenvalue weighted by molar-refractivity contribution is -0.145. The maximum Gasteiger partial charge on any atom is 0.408 e. The van der Waals surface area contributed by atoms with Crippen molar-refractivity contribution in [2.24, 2.45) is 0 Å². The molecule has 0 spiro atoms. The zero-order valence-electron chi connectivity index (χ0n) is 22.9. The second kappa shape index (κ2) is 12.4. The first-order valence-electron chi connectivity index (χ1n) is 12.9. The van der Waals surface area contributed by atoms with E-state index < -0.39 is 23.8 Å². The van der Waals surface area contributed by atoms with Gasteiger partial charge < -0.3 is 20.3 Å². The van der Waals surface area contributed by atoms with Crippen molar-refractivity contribution in [3.8, 4) is 0 Å². The van der Waals surface area contributed by atoms with Gasteiger partial charge in [0, 0.05) is 11.8 Å². The third-order valence-corrected chi connectivity index (χ3v) is 7.42. The maximum absolute atomic E-state index is 14.1. The second-order valence-corrected chi connectivity index (χ2v) is 11.7. The molecule has 38 heavy (non-hydrogen) atoms. The molecule has 0 heterocycles. The SMILES string of the molecule is Cc1ccc(C(C(=O)Nc2c(C)cccc2Cl)N(C(=O)C(CS)NC(=O)OC(C)(C)C)C2CCC2)cc1C. The minimum Gasteiger partial charge on any atom is -0.444 e. The number of carbonyl (C=O) groups is 3. The van der Waals surface area contributed by atoms with Crippen LogP contribution in [0.1, 0.15) is 68.3 Å². The molecule has 1 aliphatic rings. The molecule has 0 bridgehead atoms. The first kappa shape index (κ1) is 29.8. The molecule has 206 valence electrons. The van der Waals surface area contributed by atoms with Gasteiger partial charge in [-0.3, -0.25) is 9.59 Å². The van der Waals surface area contributed by atoms with Gasteiger partial charge in [-0.1, -0.05) is 41.9 Å². The maximum atomic E-state index is 14.1. The molecule has 0 saturated heterocycles. The standard InChI is InChI=1S/C29H38ClN3O4S/c1-17-13-14-20(15-19(17)3)25(26(34)32-24-18(2)9-7-12-22(24)30)33(21-10-8-11-21)27(35)23(16-38)31-28(36)37-29(4,5)6/h7,9,12-15,21,23,25,38H,8,10-11,16H2,1-6H3,(H,31,36)(H,32,34). The Hall–Kier alpha value is -2.71. The molecule has 1 fully saturated rings. The third-order valence-electron chi connectivity index (χ3n) is 6.74. The van der Waals surface area contributed by atoms with Crippen molar-refractivity contribution in [1.29, 1.82) is 0 Å². The van der Waals surface area contributed by atoms with E-state index in [4.69, 9.17) is 16.3 Å². The number of aryl methyl sites for hydroxylation is 3. The molecule has 2 atom stereocenters. The molecule has 2 unspecified atom stereocenters. The number of alkyl carbamates (subject to hydrolysis) is 1. The molecular formula is C29H38ClN3O4S. The largest absolute Gasteiger partial charge is 0.444 e. The summed E-state index contributed by atoms with van der Waals surface area (Å²) in [7, 11) is 0. The molecule has 3 rings (SSSR count). The number of hydrogen-bond acceptors (Lipinski definition) is 5. The second-order valence-electron chi connectivity index (χ2n) is 10.9. The molecule has 1 saturated carbocycles. The smallest absolute Gasteiger partial charge is 0.408 e. The number of benzene rings is 2. The molecule has 2 aromatic carbocycles. The normalized spacial score (nSPS) is 15.2. The van der Waals surface area contributed by atoms with Crippen LogP contribution in [-0.2, 0) is 14.3 Å². The number of para-hydroxylation sites is 1. The number of anilines is 1. The Labute approximate surface area is 236 Å². The van der Waals surface area contributed by atoms with E-state index in [1.807, 2.05) is 51.1 Å². The number of hydrogen-bond donors (Lipinski definition) is 3. The van der Waals surface area contributed by atoms with Crippen molar-refractivity contribution in [2.45, 2.75) is 84.5 Å². The number of thiol groups is 1. The van der Waals surface area contributed by atoms with Gasteiger partial charge in [0.1, 0.15) is 17.7 Å². The highest BCUT2D eigenvalue weighted by atomic mass is 35.5. The van der Waals surface area contributed by atoms with Gasteiger partial charge in [0.15, 0.2) is 0 Å². The minimum atomic E-state index is -0.974. The summed E-state index contributed by atoms with van der Waals surface area (Å²) in [6.45, 7) is 11.1. The van der Waals surface area contributed by atoms with Crippen LogP contribution in [0.15, 0.2) is 36.4 Å². The van der Waals surface area contributed by atoms with E-state index in [9.17, 15) is 14.4 Å². The average Bonchev–Trinajstić information content (AvgIpc) is 2.79. The summed E-state index contributed by atoms with van der Waals surface area (Å²) in [6.07, 6.45) is 1.76. The van der Waals surface area contributed by atoms with Crippen molar-refractivity contribution in [3.63, 3.8) is 0 Å². The van der Waals surface area contributed by atoms with Crippen molar-refractivity contribution >= 4 is 47.8 Å². The van der Waals surface area contributed by atoms with Gasteiger partial charge in [0.05, 0.1) is 10.7 Å². The first-order valence-corrected chi connectivity index (χ1v) is 13.9. The number of amides is 3. The number of rotatable bonds is 8. The Morgan fingerprint density at radius 2 is 1.76 bits per heavy atom. The van der Waals surface area contributed by atoms with Crippen LogP contribution in [0, 0.1) is 20.8 Å². The predicted molar refractivity (Wildman–Crippen MR) is 155 cm³/mol. The lowest BCUT2D eigenvalue weighted by atomic mass is 9.87. The summed E-state index contributed by atoms with van der Waals surface area (Å²) in [5, 5.41) is 6.06. The van der Waals surface area contributed by atoms with Crippen molar-refractivity contribution in [3.05, 3.63) is 63.7 Å². The number of nitrogens with one attached hydrogen (secondary N) is 2. The summed E-state index contributed by atoms with van der Waals surface area (Å²) in [5.41, 5.74) is 3.36. The van der Waals surface area contributed by atoms with E-state index in [1.165, 1.54) is 0 Å². The van der Waals surface area contributed by atoms with Gasteiger partial charge in [-0.05, 0) is 89.1 Å². The molecule has 0 radical (unpaired) electrons. The van der Waals surface area contributed by atoms with Gasteiger partial charge in [0.25, 0.3) is 5.91 Å². The lowest BCUT2D eigenvalue weighted by Gasteiger charge is -2.43. The Morgan fingerprint density at radius 1 is 1.08 bits per heavy atom. The molecule has 2 N–H and O–H groups in total. The van der Waals surface area contributed by atoms with E-state index in [0.717, 1.165) is 36.0 Å². The third kappa shape index (κ3) is 7.23. The molecule has 2 aromatic rings. The summed E-state index contributed by atoms with van der Waals surface area (Å²) in [6, 6.07) is 9.09. The number of ether oxygens (including phenoxy) is 1. The predicted octanol–water partition coefficient (Wildman–Crippen LogP) is 6.15. The van der Waals surface area contributed by atoms with Gasteiger partial charge >= 0.3 is 6.09 Å². The fourth-order valence-corrected chi connectivity index (χ4v) is 4.87. The molecule has 1 aliphatic carbocycles. The van der Waals surface area contributed by atoms with E-state index in [0.29, 0.717) is 16.3 Å². The van der Waals surface area contributed by atoms with Crippen molar-refractivity contribution in [2.75, 3.05) is 11.1 Å². The van der Waals surface area contributed by atoms with E-state index in [2.05, 4.69) is 23.3 Å². The highest BCUT2D eigenvalue weighted by Crippen LogP contribution is 2.36. The fraction of sp³-hybridized carbons (Fsp3) is 0.483. The van der Waals surface area contributed by atoms with Gasteiger partial charge in [0.2, 0.25) is 5.91 Å². The summed E-state index contributed by atoms with van der Waals surface area (Å²) in [5.74, 6) is -0.712. The Kier molecular flexibility index (Phi) is 9.76. The monoisotopic (exact) mass is 559 g/mol. The van der Waals surface area contributed by atoms with Gasteiger partial charge in [-0.2, -0.15) is 12.6 Å². The Bertz CT molecular complexity index is 1170. The van der Waals surface area contributed by atoms with Crippen LogP contribution in [-0.4, -0.2) is 46.2 Å². The van der Waals surface area contributed by atoms with Crippen molar-refractivity contribution < 1.29 is 19.1 Å². The molecular weight excluding hydrogens is 522 g/mol. The fourth-order valence-electron chi connectivity index (χ4n) is 4.35. The zero-order valence-corrected chi connectivity index (χ0v) is 24.6. The van der Waals surface area contributed by atoms with Gasteiger partial charge in [-0.25, -0.2) is 4.79 Å². The molecule has 0 aliphatic heterocycles. The van der Waals surface area contributed by atoms with Gasteiger partial charge in [-0.15, -0.1) is 0 Å². The minimum absolute atomic E-state index is 0.0478. The van der Waals surface area contributed by atoms with Crippen LogP contribution in [0.2, 0.25) is 5.02 Å². The molecule has 7 nitrogen and oxygen atoms in total. The summed E-state index contributed by atoms with van der Waals surface area (Å²) < 4.78 is 5.38. The number of carbonyl (C=O) groups excluding carboxylic acids is 3. The summed E-state index contributed by atoms with van der Waals surface area (Å²) in [4.78, 5) is 42.3. The molecule has 9 heteroatoms. The summed E-state index contributed by atoms with van der Waals surface area (Å²) >= 11 is 10.8.